The fourth-order valence-corrected chi connectivity index (χ4v) is 7.50. The van der Waals surface area contributed by atoms with E-state index in [0.717, 1.165) is 61.1 Å². The molecule has 0 radical (unpaired) electrons. The van der Waals surface area contributed by atoms with Crippen molar-refractivity contribution in [1.82, 2.24) is 15.0 Å². The van der Waals surface area contributed by atoms with Crippen LogP contribution in [0.1, 0.15) is 0 Å². The number of rotatable bonds is 5. The third kappa shape index (κ3) is 5.28. The van der Waals surface area contributed by atoms with Crippen LogP contribution < -0.4 is 0 Å². The highest BCUT2D eigenvalue weighted by Crippen LogP contribution is 2.37. The maximum absolute atomic E-state index is 5.29. The second kappa shape index (κ2) is 12.4. The molecule has 0 atom stereocenters. The fourth-order valence-electron chi connectivity index (χ4n) is 7.50. The van der Waals surface area contributed by atoms with Gasteiger partial charge in [0.05, 0.1) is 11.4 Å². The zero-order valence-corrected chi connectivity index (χ0v) is 28.2. The van der Waals surface area contributed by atoms with Crippen LogP contribution in [0.4, 0.5) is 0 Å². The Balaban J connectivity index is 1.10. The molecule has 3 nitrogen and oxygen atoms in total. The van der Waals surface area contributed by atoms with Gasteiger partial charge in [0.1, 0.15) is 0 Å². The molecule has 0 amide bonds. The van der Waals surface area contributed by atoms with Gasteiger partial charge in [0, 0.05) is 40.0 Å². The van der Waals surface area contributed by atoms with Gasteiger partial charge in [0.2, 0.25) is 0 Å². The molecule has 0 aliphatic rings. The van der Waals surface area contributed by atoms with E-state index in [1.165, 1.54) is 32.3 Å². The Labute approximate surface area is 301 Å². The van der Waals surface area contributed by atoms with Gasteiger partial charge in [-0.15, -0.1) is 0 Å². The number of aromatic nitrogens is 3. The van der Waals surface area contributed by atoms with Crippen LogP contribution >= 0.6 is 0 Å². The van der Waals surface area contributed by atoms with Crippen LogP contribution in [-0.2, 0) is 0 Å². The summed E-state index contributed by atoms with van der Waals surface area (Å²) < 4.78 is 0. The number of pyridine rings is 1. The van der Waals surface area contributed by atoms with Gasteiger partial charge in [0.25, 0.3) is 0 Å². The molecule has 0 spiro atoms. The van der Waals surface area contributed by atoms with Crippen molar-refractivity contribution in [3.63, 3.8) is 0 Å². The van der Waals surface area contributed by atoms with Crippen molar-refractivity contribution in [1.29, 1.82) is 0 Å². The molecule has 52 heavy (non-hydrogen) atoms. The molecule has 10 aromatic rings. The van der Waals surface area contributed by atoms with Crippen LogP contribution in [0.2, 0.25) is 0 Å². The van der Waals surface area contributed by atoms with E-state index >= 15 is 0 Å². The summed E-state index contributed by atoms with van der Waals surface area (Å²) in [5, 5.41) is 9.46. The van der Waals surface area contributed by atoms with Crippen LogP contribution in [0, 0.1) is 0 Å². The highest BCUT2D eigenvalue weighted by Gasteiger charge is 2.16. The summed E-state index contributed by atoms with van der Waals surface area (Å²) in [6.45, 7) is 0. The molecule has 0 unspecified atom stereocenters. The van der Waals surface area contributed by atoms with E-state index in [1.54, 1.807) is 0 Å². The van der Waals surface area contributed by atoms with E-state index in [0.29, 0.717) is 5.82 Å². The minimum atomic E-state index is 0.711. The van der Waals surface area contributed by atoms with Crippen LogP contribution in [0.15, 0.2) is 188 Å². The Hall–Kier alpha value is -6.97. The van der Waals surface area contributed by atoms with Crippen molar-refractivity contribution < 1.29 is 0 Å². The highest BCUT2D eigenvalue weighted by molar-refractivity contribution is 6.13. The molecule has 242 valence electrons. The zero-order chi connectivity index (χ0) is 34.4. The maximum Gasteiger partial charge on any atom is 0.161 e. The van der Waals surface area contributed by atoms with E-state index in [2.05, 4.69) is 181 Å². The first kappa shape index (κ1) is 29.9. The lowest BCUT2D eigenvalue weighted by molar-refractivity contribution is 1.19. The molecular formula is C49H31N3. The maximum atomic E-state index is 5.29. The molecule has 0 saturated heterocycles. The molecule has 0 N–H and O–H groups in total. The van der Waals surface area contributed by atoms with E-state index in [1.807, 2.05) is 12.4 Å². The molecule has 3 heteroatoms. The van der Waals surface area contributed by atoms with Crippen LogP contribution in [0.3, 0.4) is 0 Å². The summed E-state index contributed by atoms with van der Waals surface area (Å²) in [6.07, 6.45) is 3.89. The number of benzene rings is 8. The lowest BCUT2D eigenvalue weighted by atomic mass is 9.95. The number of hydrogen-bond acceptors (Lipinski definition) is 3. The summed E-state index contributed by atoms with van der Waals surface area (Å²) in [4.78, 5) is 15.1. The first-order valence-electron chi connectivity index (χ1n) is 17.6. The molecule has 2 heterocycles. The second-order valence-electron chi connectivity index (χ2n) is 13.3. The highest BCUT2D eigenvalue weighted by atomic mass is 14.9. The minimum Gasteiger partial charge on any atom is -0.263 e. The van der Waals surface area contributed by atoms with Crippen molar-refractivity contribution in [3.8, 4) is 56.2 Å². The SMILES string of the molecule is c1cc(-c2ccc(-c3cc(-c4ccc5ccccc5c4)nc(-c4cc5ccccc5c5ccccc45)n3)cc2)cc(-c2cncc3ccccc23)c1. The van der Waals surface area contributed by atoms with Crippen molar-refractivity contribution in [3.05, 3.63) is 188 Å². The second-order valence-corrected chi connectivity index (χ2v) is 13.3. The first-order chi connectivity index (χ1) is 25.7. The Morgan fingerprint density at radius 3 is 1.73 bits per heavy atom. The fraction of sp³-hybridized carbons (Fsp3) is 0. The summed E-state index contributed by atoms with van der Waals surface area (Å²) in [7, 11) is 0. The van der Waals surface area contributed by atoms with E-state index in [4.69, 9.17) is 9.97 Å². The zero-order valence-electron chi connectivity index (χ0n) is 28.2. The summed E-state index contributed by atoms with van der Waals surface area (Å²) >= 11 is 0. The lowest BCUT2D eigenvalue weighted by Gasteiger charge is -2.14. The molecule has 0 aliphatic heterocycles. The van der Waals surface area contributed by atoms with E-state index in [9.17, 15) is 0 Å². The smallest absolute Gasteiger partial charge is 0.161 e. The molecular weight excluding hydrogens is 631 g/mol. The summed E-state index contributed by atoms with van der Waals surface area (Å²) in [5.74, 6) is 0.711. The molecule has 0 bridgehead atoms. The standard InChI is InChI=1S/C49H31N3/c1-2-11-35-27-39(25-22-32(35)10-1)48-29-47(51-49(52-48)45-28-38-12-3-5-16-41(38)43-18-7-8-19-44(43)45)34-23-20-33(21-24-34)36-14-9-15-37(26-36)46-31-50-30-40-13-4-6-17-42(40)46/h1-31H. The van der Waals surface area contributed by atoms with E-state index in [-0.39, 0.29) is 0 Å². The van der Waals surface area contributed by atoms with Gasteiger partial charge in [-0.2, -0.15) is 0 Å². The van der Waals surface area contributed by atoms with Gasteiger partial charge in [-0.1, -0.05) is 152 Å². The first-order valence-corrected chi connectivity index (χ1v) is 17.6. The Kier molecular flexibility index (Phi) is 7.14. The molecule has 2 aromatic heterocycles. The third-order valence-corrected chi connectivity index (χ3v) is 10.1. The van der Waals surface area contributed by atoms with Gasteiger partial charge < -0.3 is 0 Å². The number of hydrogen-bond donors (Lipinski definition) is 0. The van der Waals surface area contributed by atoms with Gasteiger partial charge in [-0.25, -0.2) is 9.97 Å². The normalized spacial score (nSPS) is 11.5. The average Bonchev–Trinajstić information content (AvgIpc) is 3.23. The molecule has 10 rings (SSSR count). The summed E-state index contributed by atoms with van der Waals surface area (Å²) in [6, 6.07) is 62.4. The quantitative estimate of drug-likeness (QED) is 0.172. The Morgan fingerprint density at radius 2 is 0.904 bits per heavy atom. The van der Waals surface area contributed by atoms with Gasteiger partial charge in [-0.05, 0) is 78.7 Å². The van der Waals surface area contributed by atoms with Gasteiger partial charge in [-0.3, -0.25) is 4.98 Å². The Bertz CT molecular complexity index is 2960. The third-order valence-electron chi connectivity index (χ3n) is 10.1. The molecule has 0 saturated carbocycles. The molecule has 0 fully saturated rings. The molecule has 0 aliphatic carbocycles. The summed E-state index contributed by atoms with van der Waals surface area (Å²) in [5.41, 5.74) is 9.47. The monoisotopic (exact) mass is 661 g/mol. The van der Waals surface area contributed by atoms with Crippen molar-refractivity contribution in [2.45, 2.75) is 0 Å². The lowest BCUT2D eigenvalue weighted by Crippen LogP contribution is -1.97. The van der Waals surface area contributed by atoms with Crippen molar-refractivity contribution in [2.24, 2.45) is 0 Å². The average molecular weight is 662 g/mol. The predicted molar refractivity (Wildman–Crippen MR) is 217 cm³/mol. The molecule has 8 aromatic carbocycles. The number of fused-ring (bicyclic) bond motifs is 5. The predicted octanol–water partition coefficient (Wildman–Crippen LogP) is 12.8. The van der Waals surface area contributed by atoms with Crippen LogP contribution in [0.5, 0.6) is 0 Å². The topological polar surface area (TPSA) is 38.7 Å². The number of nitrogens with zero attached hydrogens (tertiary/aromatic N) is 3. The minimum absolute atomic E-state index is 0.711. The van der Waals surface area contributed by atoms with Crippen LogP contribution in [-0.4, -0.2) is 15.0 Å². The van der Waals surface area contributed by atoms with Crippen molar-refractivity contribution in [2.75, 3.05) is 0 Å². The van der Waals surface area contributed by atoms with E-state index < -0.39 is 0 Å². The Morgan fingerprint density at radius 1 is 0.288 bits per heavy atom. The van der Waals surface area contributed by atoms with Crippen molar-refractivity contribution >= 4 is 43.1 Å². The largest absolute Gasteiger partial charge is 0.263 e. The van der Waals surface area contributed by atoms with Gasteiger partial charge >= 0.3 is 0 Å². The van der Waals surface area contributed by atoms with Crippen LogP contribution in [0.25, 0.3) is 99.2 Å². The van der Waals surface area contributed by atoms with Gasteiger partial charge in [0.15, 0.2) is 5.82 Å².